The van der Waals surface area contributed by atoms with E-state index in [4.69, 9.17) is 11.6 Å². The van der Waals surface area contributed by atoms with E-state index in [1.54, 1.807) is 0 Å². The summed E-state index contributed by atoms with van der Waals surface area (Å²) in [6.45, 7) is -0.327. The molecule has 1 saturated heterocycles. The van der Waals surface area contributed by atoms with Crippen LogP contribution in [0.5, 0.6) is 0 Å². The van der Waals surface area contributed by atoms with Gasteiger partial charge in [-0.3, -0.25) is 14.5 Å². The highest BCUT2D eigenvalue weighted by Crippen LogP contribution is 2.39. The quantitative estimate of drug-likeness (QED) is 0.527. The summed E-state index contributed by atoms with van der Waals surface area (Å²) in [6.07, 6.45) is -5.12. The van der Waals surface area contributed by atoms with Crippen LogP contribution in [0.25, 0.3) is 0 Å². The number of fused-ring (bicyclic) bond motifs is 1. The van der Waals surface area contributed by atoms with Crippen LogP contribution < -0.4 is 15.1 Å². The Hall–Kier alpha value is -3.28. The molecule has 3 amide bonds. The molecule has 0 bridgehead atoms. The maximum absolute atomic E-state index is 14.4. The second-order valence-electron chi connectivity index (χ2n) is 7.44. The van der Waals surface area contributed by atoms with E-state index in [0.29, 0.717) is 11.0 Å². The number of amides is 3. The molecular weight excluding hydrogens is 475 g/mol. The van der Waals surface area contributed by atoms with Crippen molar-refractivity contribution in [1.29, 1.82) is 0 Å². The number of aromatic nitrogens is 1. The summed E-state index contributed by atoms with van der Waals surface area (Å²) >= 11 is 5.55. The van der Waals surface area contributed by atoms with Crippen LogP contribution in [0.3, 0.4) is 0 Å². The van der Waals surface area contributed by atoms with Crippen molar-refractivity contribution >= 4 is 40.8 Å². The fraction of sp³-hybridized carbons (Fsp3) is 0.300. The van der Waals surface area contributed by atoms with Gasteiger partial charge in [-0.25, -0.2) is 18.6 Å². The number of ketones is 1. The molecule has 1 N–H and O–H groups in total. The van der Waals surface area contributed by atoms with E-state index < -0.39 is 69.4 Å². The van der Waals surface area contributed by atoms with Crippen LogP contribution in [0.4, 0.5) is 38.3 Å². The number of Topliss-reactive ketones (excluding diaryl/α,β-unsaturated/α-hetero) is 1. The van der Waals surface area contributed by atoms with Gasteiger partial charge in [0.1, 0.15) is 28.4 Å². The van der Waals surface area contributed by atoms with Crippen molar-refractivity contribution in [3.8, 4) is 0 Å². The van der Waals surface area contributed by atoms with Crippen molar-refractivity contribution in [1.82, 2.24) is 10.3 Å². The Bertz CT molecular complexity index is 1200. The fourth-order valence-corrected chi connectivity index (χ4v) is 4.02. The summed E-state index contributed by atoms with van der Waals surface area (Å²) < 4.78 is 68.8. The summed E-state index contributed by atoms with van der Waals surface area (Å²) in [5.74, 6) is -4.34. The maximum atomic E-state index is 14.4. The third-order valence-corrected chi connectivity index (χ3v) is 5.84. The number of hydrogen-bond acceptors (Lipinski definition) is 4. The second kappa shape index (κ2) is 7.94. The Morgan fingerprint density at radius 2 is 1.94 bits per heavy atom. The standard InChI is InChI=1S/C20H14ClF5N4O3/c1-29(11-4-3-10(22)15(21)16(11)23)18(32)12-7-27-19(33)30(12)14-6-9(20(24,25)26)8-2-5-13(31)17(8)28-14/h3-4,6,12H,2,5,7H2,1H3,(H,27,33). The number of benzene rings is 1. The van der Waals surface area contributed by atoms with Crippen LogP contribution in [0.2, 0.25) is 5.02 Å². The molecule has 1 atom stereocenters. The summed E-state index contributed by atoms with van der Waals surface area (Å²) in [6, 6.07) is 0.0535. The van der Waals surface area contributed by atoms with Gasteiger partial charge in [-0.1, -0.05) is 11.6 Å². The van der Waals surface area contributed by atoms with Crippen molar-refractivity contribution in [2.24, 2.45) is 0 Å². The molecule has 2 aromatic rings. The lowest BCUT2D eigenvalue weighted by Crippen LogP contribution is -2.47. The van der Waals surface area contributed by atoms with Crippen LogP contribution in [-0.2, 0) is 17.4 Å². The molecule has 1 aromatic carbocycles. The zero-order valence-electron chi connectivity index (χ0n) is 16.8. The van der Waals surface area contributed by atoms with Gasteiger partial charge in [0.25, 0.3) is 5.91 Å². The molecule has 4 rings (SSSR count). The van der Waals surface area contributed by atoms with E-state index in [9.17, 15) is 36.3 Å². The van der Waals surface area contributed by atoms with Crippen LogP contribution in [0.1, 0.15) is 28.0 Å². The molecule has 7 nitrogen and oxygen atoms in total. The first-order valence-corrected chi connectivity index (χ1v) is 9.92. The van der Waals surface area contributed by atoms with Crippen molar-refractivity contribution in [2.75, 3.05) is 23.4 Å². The van der Waals surface area contributed by atoms with E-state index in [1.807, 2.05) is 0 Å². The van der Waals surface area contributed by atoms with Gasteiger partial charge in [-0.05, 0) is 30.2 Å². The Balaban J connectivity index is 1.75. The Labute approximate surface area is 188 Å². The molecule has 2 aliphatic rings. The Morgan fingerprint density at radius 1 is 1.24 bits per heavy atom. The molecule has 1 aliphatic carbocycles. The smallest absolute Gasteiger partial charge is 0.335 e. The number of anilines is 2. The minimum absolute atomic E-state index is 0.141. The van der Waals surface area contributed by atoms with E-state index >= 15 is 0 Å². The number of likely N-dealkylation sites (N-methyl/N-ethyl adjacent to an activating group) is 1. The highest BCUT2D eigenvalue weighted by molar-refractivity contribution is 6.31. The number of nitrogens with zero attached hydrogens (tertiary/aromatic N) is 3. The topological polar surface area (TPSA) is 82.6 Å². The van der Waals surface area contributed by atoms with Crippen molar-refractivity contribution in [3.05, 3.63) is 51.7 Å². The van der Waals surface area contributed by atoms with Crippen LogP contribution in [-0.4, -0.2) is 42.3 Å². The van der Waals surface area contributed by atoms with Crippen LogP contribution in [0.15, 0.2) is 18.2 Å². The molecule has 0 spiro atoms. The number of rotatable bonds is 3. The molecule has 1 fully saturated rings. The van der Waals surface area contributed by atoms with Gasteiger partial charge >= 0.3 is 12.2 Å². The average molecular weight is 489 g/mol. The highest BCUT2D eigenvalue weighted by atomic mass is 35.5. The number of carbonyl (C=O) groups is 3. The summed E-state index contributed by atoms with van der Waals surface area (Å²) in [5, 5.41) is 1.48. The first-order chi connectivity index (χ1) is 15.4. The number of carbonyl (C=O) groups excluding carboxylic acids is 3. The number of hydrogen-bond donors (Lipinski definition) is 1. The van der Waals surface area contributed by atoms with E-state index in [-0.39, 0.29) is 24.9 Å². The van der Waals surface area contributed by atoms with Gasteiger partial charge in [0.05, 0.1) is 11.3 Å². The lowest BCUT2D eigenvalue weighted by molar-refractivity contribution is -0.138. The molecule has 174 valence electrons. The van der Waals surface area contributed by atoms with Gasteiger partial charge in [0, 0.05) is 20.0 Å². The minimum atomic E-state index is -4.83. The van der Waals surface area contributed by atoms with Gasteiger partial charge < -0.3 is 10.2 Å². The first-order valence-electron chi connectivity index (χ1n) is 9.54. The molecule has 1 aromatic heterocycles. The predicted octanol–water partition coefficient (Wildman–Crippen LogP) is 3.72. The Kier molecular flexibility index (Phi) is 5.51. The van der Waals surface area contributed by atoms with Gasteiger partial charge in [0.2, 0.25) is 0 Å². The maximum Gasteiger partial charge on any atom is 0.416 e. The number of pyridine rings is 1. The van der Waals surface area contributed by atoms with Gasteiger partial charge in [-0.15, -0.1) is 0 Å². The van der Waals surface area contributed by atoms with E-state index in [2.05, 4.69) is 10.3 Å². The predicted molar refractivity (Wildman–Crippen MR) is 106 cm³/mol. The minimum Gasteiger partial charge on any atom is -0.335 e. The molecule has 2 heterocycles. The molecule has 0 saturated carbocycles. The lowest BCUT2D eigenvalue weighted by atomic mass is 10.1. The zero-order chi connectivity index (χ0) is 24.2. The summed E-state index contributed by atoms with van der Waals surface area (Å²) in [7, 11) is 1.14. The molecule has 1 aliphatic heterocycles. The van der Waals surface area contributed by atoms with E-state index in [1.165, 1.54) is 0 Å². The monoisotopic (exact) mass is 488 g/mol. The second-order valence-corrected chi connectivity index (χ2v) is 7.82. The number of halogens is 6. The first kappa shape index (κ1) is 22.9. The summed E-state index contributed by atoms with van der Waals surface area (Å²) in [4.78, 5) is 43.0. The van der Waals surface area contributed by atoms with Crippen molar-refractivity contribution < 1.29 is 36.3 Å². The SMILES string of the molecule is CN(C(=O)C1CNC(=O)N1c1cc(C(F)(F)F)c2c(n1)C(=O)CC2)c1ccc(F)c(Cl)c1F. The molecule has 0 radical (unpaired) electrons. The third kappa shape index (κ3) is 3.77. The van der Waals surface area contributed by atoms with Crippen molar-refractivity contribution in [3.63, 3.8) is 0 Å². The Morgan fingerprint density at radius 3 is 2.61 bits per heavy atom. The fourth-order valence-electron chi connectivity index (χ4n) is 3.86. The largest absolute Gasteiger partial charge is 0.416 e. The van der Waals surface area contributed by atoms with Crippen LogP contribution >= 0.6 is 11.6 Å². The van der Waals surface area contributed by atoms with Crippen LogP contribution in [0, 0.1) is 11.6 Å². The van der Waals surface area contributed by atoms with Gasteiger partial charge in [0.15, 0.2) is 11.6 Å². The molecule has 33 heavy (non-hydrogen) atoms. The van der Waals surface area contributed by atoms with E-state index in [0.717, 1.165) is 24.1 Å². The lowest BCUT2D eigenvalue weighted by Gasteiger charge is -2.27. The molecular formula is C20H14ClF5N4O3. The normalized spacial score (nSPS) is 17.9. The number of alkyl halides is 3. The molecule has 13 heteroatoms. The average Bonchev–Trinajstić information content (AvgIpc) is 3.32. The summed E-state index contributed by atoms with van der Waals surface area (Å²) in [5.41, 5.74) is -2.20. The number of nitrogens with one attached hydrogen (secondary N) is 1. The highest BCUT2D eigenvalue weighted by Gasteiger charge is 2.44. The van der Waals surface area contributed by atoms with Gasteiger partial charge in [-0.2, -0.15) is 13.2 Å². The third-order valence-electron chi connectivity index (χ3n) is 5.50. The number of urea groups is 1. The van der Waals surface area contributed by atoms with Crippen molar-refractivity contribution in [2.45, 2.75) is 25.1 Å². The molecule has 1 unspecified atom stereocenters. The zero-order valence-corrected chi connectivity index (χ0v) is 17.5.